The van der Waals surface area contributed by atoms with Gasteiger partial charge in [-0.15, -0.1) is 0 Å². The molecule has 1 rings (SSSR count). The predicted molar refractivity (Wildman–Crippen MR) is 56.1 cm³/mol. The van der Waals surface area contributed by atoms with Crippen molar-refractivity contribution in [2.75, 3.05) is 11.9 Å². The van der Waals surface area contributed by atoms with Gasteiger partial charge in [-0.25, -0.2) is 4.98 Å². The standard InChI is InChI=1S/C10H19N3/c1-5-6-11-10-12-9(4)7-13(10)8(2)3/h7-8H,5-6H2,1-4H3,(H,11,12). The third kappa shape index (κ3) is 2.47. The number of imidazole rings is 1. The van der Waals surface area contributed by atoms with E-state index >= 15 is 0 Å². The number of nitrogens with zero attached hydrogens (tertiary/aromatic N) is 2. The highest BCUT2D eigenvalue weighted by Crippen LogP contribution is 2.14. The minimum Gasteiger partial charge on any atom is -0.356 e. The molecular formula is C10H19N3. The van der Waals surface area contributed by atoms with Gasteiger partial charge < -0.3 is 9.88 Å². The number of anilines is 1. The maximum atomic E-state index is 4.42. The minimum atomic E-state index is 0.473. The summed E-state index contributed by atoms with van der Waals surface area (Å²) in [5.41, 5.74) is 1.08. The lowest BCUT2D eigenvalue weighted by molar-refractivity contribution is 0.604. The molecule has 0 aliphatic rings. The molecule has 3 nitrogen and oxygen atoms in total. The first-order valence-corrected chi connectivity index (χ1v) is 4.94. The lowest BCUT2D eigenvalue weighted by Crippen LogP contribution is -2.09. The quantitative estimate of drug-likeness (QED) is 0.773. The molecule has 0 atom stereocenters. The van der Waals surface area contributed by atoms with Crippen LogP contribution in [0.25, 0.3) is 0 Å². The van der Waals surface area contributed by atoms with E-state index in [1.807, 2.05) is 6.92 Å². The van der Waals surface area contributed by atoms with Crippen molar-refractivity contribution in [1.29, 1.82) is 0 Å². The van der Waals surface area contributed by atoms with E-state index in [1.165, 1.54) is 0 Å². The van der Waals surface area contributed by atoms with E-state index in [1.54, 1.807) is 0 Å². The fraction of sp³-hybridized carbons (Fsp3) is 0.700. The van der Waals surface area contributed by atoms with Crippen molar-refractivity contribution < 1.29 is 0 Å². The molecule has 0 fully saturated rings. The van der Waals surface area contributed by atoms with Crippen molar-refractivity contribution in [2.24, 2.45) is 0 Å². The van der Waals surface area contributed by atoms with E-state index in [-0.39, 0.29) is 0 Å². The fourth-order valence-electron chi connectivity index (χ4n) is 1.28. The Bertz CT molecular complexity index is 263. The Morgan fingerprint density at radius 1 is 1.54 bits per heavy atom. The molecule has 0 saturated carbocycles. The van der Waals surface area contributed by atoms with E-state index in [2.05, 4.69) is 41.8 Å². The minimum absolute atomic E-state index is 0.473. The third-order valence-corrected chi connectivity index (χ3v) is 1.94. The highest BCUT2D eigenvalue weighted by Gasteiger charge is 2.06. The van der Waals surface area contributed by atoms with Gasteiger partial charge in [0.05, 0.1) is 5.69 Å². The molecule has 1 heterocycles. The highest BCUT2D eigenvalue weighted by molar-refractivity contribution is 5.29. The van der Waals surface area contributed by atoms with Crippen molar-refractivity contribution in [3.8, 4) is 0 Å². The second-order valence-corrected chi connectivity index (χ2v) is 3.63. The summed E-state index contributed by atoms with van der Waals surface area (Å²) in [6.45, 7) is 9.50. The monoisotopic (exact) mass is 181 g/mol. The zero-order valence-electron chi connectivity index (χ0n) is 8.96. The molecule has 0 radical (unpaired) electrons. The molecular weight excluding hydrogens is 162 g/mol. The van der Waals surface area contributed by atoms with Crippen molar-refractivity contribution >= 4 is 5.95 Å². The summed E-state index contributed by atoms with van der Waals surface area (Å²) in [4.78, 5) is 4.42. The number of hydrogen-bond donors (Lipinski definition) is 1. The third-order valence-electron chi connectivity index (χ3n) is 1.94. The molecule has 0 aromatic carbocycles. The lowest BCUT2D eigenvalue weighted by atomic mass is 10.4. The van der Waals surface area contributed by atoms with Gasteiger partial charge >= 0.3 is 0 Å². The Morgan fingerprint density at radius 3 is 2.77 bits per heavy atom. The normalized spacial score (nSPS) is 10.8. The smallest absolute Gasteiger partial charge is 0.203 e. The van der Waals surface area contributed by atoms with Crippen molar-refractivity contribution in [1.82, 2.24) is 9.55 Å². The summed E-state index contributed by atoms with van der Waals surface area (Å²) < 4.78 is 2.17. The number of hydrogen-bond acceptors (Lipinski definition) is 2. The Balaban J connectivity index is 2.78. The summed E-state index contributed by atoms with van der Waals surface area (Å²) in [5.74, 6) is 0.995. The molecule has 1 aromatic rings. The highest BCUT2D eigenvalue weighted by atomic mass is 15.2. The molecule has 13 heavy (non-hydrogen) atoms. The van der Waals surface area contributed by atoms with Crippen LogP contribution in [0.3, 0.4) is 0 Å². The molecule has 0 aliphatic heterocycles. The molecule has 0 bridgehead atoms. The zero-order chi connectivity index (χ0) is 9.84. The predicted octanol–water partition coefficient (Wildman–Crippen LogP) is 2.59. The Kier molecular flexibility index (Phi) is 3.34. The second-order valence-electron chi connectivity index (χ2n) is 3.63. The van der Waals surface area contributed by atoms with Gasteiger partial charge in [0.2, 0.25) is 5.95 Å². The van der Waals surface area contributed by atoms with Gasteiger partial charge in [0.15, 0.2) is 0 Å². The molecule has 0 saturated heterocycles. The van der Waals surface area contributed by atoms with Crippen LogP contribution < -0.4 is 5.32 Å². The number of aryl methyl sites for hydroxylation is 1. The van der Waals surface area contributed by atoms with Crippen LogP contribution in [0, 0.1) is 6.92 Å². The summed E-state index contributed by atoms with van der Waals surface area (Å²) in [6, 6.07) is 0.473. The van der Waals surface area contributed by atoms with Crippen molar-refractivity contribution in [3.05, 3.63) is 11.9 Å². The molecule has 0 spiro atoms. The number of nitrogens with one attached hydrogen (secondary N) is 1. The van der Waals surface area contributed by atoms with Gasteiger partial charge in [-0.1, -0.05) is 6.92 Å². The maximum Gasteiger partial charge on any atom is 0.203 e. The summed E-state index contributed by atoms with van der Waals surface area (Å²) >= 11 is 0. The molecule has 3 heteroatoms. The number of aromatic nitrogens is 2. The molecule has 0 unspecified atom stereocenters. The second kappa shape index (κ2) is 4.30. The SMILES string of the molecule is CCCNc1nc(C)cn1C(C)C. The van der Waals surface area contributed by atoms with Crippen molar-refractivity contribution in [3.63, 3.8) is 0 Å². The van der Waals surface area contributed by atoms with Crippen LogP contribution in [0.5, 0.6) is 0 Å². The van der Waals surface area contributed by atoms with Crippen LogP contribution in [-0.2, 0) is 0 Å². The fourth-order valence-corrected chi connectivity index (χ4v) is 1.28. The largest absolute Gasteiger partial charge is 0.356 e. The van der Waals surface area contributed by atoms with Gasteiger partial charge in [0, 0.05) is 18.8 Å². The summed E-state index contributed by atoms with van der Waals surface area (Å²) in [5, 5.41) is 3.32. The molecule has 74 valence electrons. The van der Waals surface area contributed by atoms with Crippen molar-refractivity contribution in [2.45, 2.75) is 40.2 Å². The molecule has 1 N–H and O–H groups in total. The van der Waals surface area contributed by atoms with E-state index in [9.17, 15) is 0 Å². The molecule has 1 aromatic heterocycles. The first-order chi connectivity index (χ1) is 6.15. The lowest BCUT2D eigenvalue weighted by Gasteiger charge is -2.11. The molecule has 0 amide bonds. The van der Waals surface area contributed by atoms with Gasteiger partial charge in [-0.3, -0.25) is 0 Å². The Labute approximate surface area is 80.2 Å². The van der Waals surface area contributed by atoms with Crippen LogP contribution in [0.15, 0.2) is 6.20 Å². The molecule has 0 aliphatic carbocycles. The van der Waals surface area contributed by atoms with Gasteiger partial charge in [-0.2, -0.15) is 0 Å². The van der Waals surface area contributed by atoms with Gasteiger partial charge in [0.25, 0.3) is 0 Å². The average molecular weight is 181 g/mol. The van der Waals surface area contributed by atoms with Gasteiger partial charge in [0.1, 0.15) is 0 Å². The van der Waals surface area contributed by atoms with Crippen LogP contribution >= 0.6 is 0 Å². The van der Waals surface area contributed by atoms with E-state index in [0.717, 1.165) is 24.6 Å². The van der Waals surface area contributed by atoms with E-state index in [0.29, 0.717) is 6.04 Å². The summed E-state index contributed by atoms with van der Waals surface area (Å²) in [6.07, 6.45) is 3.21. The Morgan fingerprint density at radius 2 is 2.23 bits per heavy atom. The first kappa shape index (κ1) is 10.1. The first-order valence-electron chi connectivity index (χ1n) is 4.94. The van der Waals surface area contributed by atoms with Crippen LogP contribution in [0.4, 0.5) is 5.95 Å². The van der Waals surface area contributed by atoms with Gasteiger partial charge in [-0.05, 0) is 27.2 Å². The van der Waals surface area contributed by atoms with Crippen LogP contribution in [0.1, 0.15) is 38.9 Å². The number of rotatable bonds is 4. The average Bonchev–Trinajstić information content (AvgIpc) is 2.43. The van der Waals surface area contributed by atoms with Crippen LogP contribution in [0.2, 0.25) is 0 Å². The van der Waals surface area contributed by atoms with E-state index in [4.69, 9.17) is 0 Å². The van der Waals surface area contributed by atoms with Crippen LogP contribution in [-0.4, -0.2) is 16.1 Å². The zero-order valence-corrected chi connectivity index (χ0v) is 8.96. The topological polar surface area (TPSA) is 29.9 Å². The summed E-state index contributed by atoms with van der Waals surface area (Å²) in [7, 11) is 0. The maximum absolute atomic E-state index is 4.42. The van der Waals surface area contributed by atoms with E-state index < -0.39 is 0 Å². The Hall–Kier alpha value is -0.990.